The van der Waals surface area contributed by atoms with Crippen molar-refractivity contribution in [2.75, 3.05) is 18.5 Å². The van der Waals surface area contributed by atoms with Gasteiger partial charge >= 0.3 is 0 Å². The molecule has 1 fully saturated rings. The fourth-order valence-electron chi connectivity index (χ4n) is 1.72. The predicted molar refractivity (Wildman–Crippen MR) is 61.4 cm³/mol. The van der Waals surface area contributed by atoms with E-state index in [1.165, 1.54) is 0 Å². The monoisotopic (exact) mass is 226 g/mol. The molecule has 0 spiro atoms. The molecule has 2 rings (SSSR count). The van der Waals surface area contributed by atoms with Crippen LogP contribution >= 0.6 is 11.6 Å². The number of rotatable bonds is 2. The van der Waals surface area contributed by atoms with E-state index in [9.17, 15) is 0 Å². The first-order valence-corrected chi connectivity index (χ1v) is 5.60. The molecule has 0 saturated carbocycles. The topological polar surface area (TPSA) is 34.2 Å². The molecule has 4 heteroatoms. The smallest absolute Gasteiger partial charge is 0.152 e. The summed E-state index contributed by atoms with van der Waals surface area (Å²) in [5.41, 5.74) is 2.05. The van der Waals surface area contributed by atoms with Crippen molar-refractivity contribution in [2.45, 2.75) is 25.8 Å². The van der Waals surface area contributed by atoms with Crippen LogP contribution in [-0.4, -0.2) is 24.2 Å². The molecule has 0 aliphatic carbocycles. The molecule has 0 bridgehead atoms. The van der Waals surface area contributed by atoms with Crippen molar-refractivity contribution < 1.29 is 4.74 Å². The van der Waals surface area contributed by atoms with E-state index >= 15 is 0 Å². The van der Waals surface area contributed by atoms with E-state index in [2.05, 4.69) is 10.3 Å². The van der Waals surface area contributed by atoms with Gasteiger partial charge in [-0.25, -0.2) is 4.98 Å². The first-order valence-electron chi connectivity index (χ1n) is 5.22. The third-order valence-electron chi connectivity index (χ3n) is 2.56. The van der Waals surface area contributed by atoms with E-state index in [0.717, 1.165) is 37.3 Å². The fraction of sp³-hybridized carbons (Fsp3) is 0.545. The molecule has 0 unspecified atom stereocenters. The largest absolute Gasteiger partial charge is 0.381 e. The van der Waals surface area contributed by atoms with E-state index in [4.69, 9.17) is 16.3 Å². The highest BCUT2D eigenvalue weighted by Crippen LogP contribution is 2.22. The summed E-state index contributed by atoms with van der Waals surface area (Å²) in [6.45, 7) is 3.67. The summed E-state index contributed by atoms with van der Waals surface area (Å²) in [7, 11) is 0. The Bertz CT molecular complexity index is 337. The van der Waals surface area contributed by atoms with Gasteiger partial charge in [0, 0.05) is 25.5 Å². The third-order valence-corrected chi connectivity index (χ3v) is 2.86. The summed E-state index contributed by atoms with van der Waals surface area (Å²) in [5.74, 6) is 0. The second kappa shape index (κ2) is 4.81. The normalized spacial score (nSPS) is 17.7. The first kappa shape index (κ1) is 10.7. The number of aryl methyl sites for hydroxylation is 1. The molecule has 1 aromatic heterocycles. The van der Waals surface area contributed by atoms with Gasteiger partial charge in [-0.15, -0.1) is 0 Å². The summed E-state index contributed by atoms with van der Waals surface area (Å²) in [6, 6.07) is 2.49. The Morgan fingerprint density at radius 3 is 2.93 bits per heavy atom. The van der Waals surface area contributed by atoms with Crippen LogP contribution in [0.15, 0.2) is 12.3 Å². The number of pyridine rings is 1. The van der Waals surface area contributed by atoms with E-state index in [0.29, 0.717) is 11.2 Å². The third kappa shape index (κ3) is 2.83. The van der Waals surface area contributed by atoms with Crippen LogP contribution in [0.1, 0.15) is 18.4 Å². The number of halogens is 1. The number of ether oxygens (including phenoxy) is 1. The highest BCUT2D eigenvalue weighted by Gasteiger charge is 2.14. The van der Waals surface area contributed by atoms with Gasteiger partial charge in [-0.1, -0.05) is 11.6 Å². The lowest BCUT2D eigenvalue weighted by atomic mass is 10.1. The van der Waals surface area contributed by atoms with Crippen LogP contribution in [0.5, 0.6) is 0 Å². The van der Waals surface area contributed by atoms with Gasteiger partial charge in [0.2, 0.25) is 0 Å². The van der Waals surface area contributed by atoms with Crippen molar-refractivity contribution in [1.82, 2.24) is 4.98 Å². The Kier molecular flexibility index (Phi) is 3.44. The highest BCUT2D eigenvalue weighted by atomic mass is 35.5. The molecule has 1 saturated heterocycles. The number of nitrogens with one attached hydrogen (secondary N) is 1. The summed E-state index contributed by atoms with van der Waals surface area (Å²) >= 11 is 6.01. The molecular formula is C11H15ClN2O. The summed E-state index contributed by atoms with van der Waals surface area (Å²) < 4.78 is 5.30. The number of aromatic nitrogens is 1. The average Bonchev–Trinajstić information content (AvgIpc) is 2.25. The zero-order valence-electron chi connectivity index (χ0n) is 8.79. The second-order valence-corrected chi connectivity index (χ2v) is 4.24. The van der Waals surface area contributed by atoms with Gasteiger partial charge < -0.3 is 10.1 Å². The van der Waals surface area contributed by atoms with Crippen LogP contribution in [0.3, 0.4) is 0 Å². The molecule has 1 aliphatic heterocycles. The molecular weight excluding hydrogens is 212 g/mol. The van der Waals surface area contributed by atoms with Gasteiger partial charge in [-0.2, -0.15) is 0 Å². The number of anilines is 1. The van der Waals surface area contributed by atoms with Crippen molar-refractivity contribution in [1.29, 1.82) is 0 Å². The summed E-state index contributed by atoms with van der Waals surface area (Å²) in [6.07, 6.45) is 3.84. The van der Waals surface area contributed by atoms with E-state index in [1.807, 2.05) is 13.0 Å². The standard InChI is InChI=1S/C11H15ClN2O/c1-8-6-10(11(12)13-7-8)14-9-2-4-15-5-3-9/h6-7,9,14H,2-5H2,1H3. The molecule has 1 aliphatic rings. The number of hydrogen-bond acceptors (Lipinski definition) is 3. The first-order chi connectivity index (χ1) is 7.25. The van der Waals surface area contributed by atoms with Crippen LogP contribution in [-0.2, 0) is 4.74 Å². The molecule has 15 heavy (non-hydrogen) atoms. The Hall–Kier alpha value is -0.800. The highest BCUT2D eigenvalue weighted by molar-refractivity contribution is 6.31. The van der Waals surface area contributed by atoms with Crippen molar-refractivity contribution in [3.63, 3.8) is 0 Å². The maximum Gasteiger partial charge on any atom is 0.152 e. The van der Waals surface area contributed by atoms with Crippen LogP contribution in [0.2, 0.25) is 5.15 Å². The molecule has 0 radical (unpaired) electrons. The van der Waals surface area contributed by atoms with E-state index in [1.54, 1.807) is 6.20 Å². The van der Waals surface area contributed by atoms with Gasteiger partial charge in [-0.3, -0.25) is 0 Å². The van der Waals surface area contributed by atoms with Crippen molar-refractivity contribution in [3.05, 3.63) is 23.0 Å². The Morgan fingerprint density at radius 2 is 2.20 bits per heavy atom. The minimum absolute atomic E-state index is 0.458. The lowest BCUT2D eigenvalue weighted by molar-refractivity contribution is 0.0904. The van der Waals surface area contributed by atoms with Gasteiger partial charge in [0.1, 0.15) is 0 Å². The minimum atomic E-state index is 0.458. The minimum Gasteiger partial charge on any atom is -0.381 e. The molecule has 2 heterocycles. The average molecular weight is 227 g/mol. The lowest BCUT2D eigenvalue weighted by Crippen LogP contribution is -2.28. The predicted octanol–water partition coefficient (Wildman–Crippen LogP) is 2.63. The molecule has 0 atom stereocenters. The van der Waals surface area contributed by atoms with Gasteiger partial charge in [0.05, 0.1) is 5.69 Å². The van der Waals surface area contributed by atoms with Crippen molar-refractivity contribution in [3.8, 4) is 0 Å². The van der Waals surface area contributed by atoms with Crippen LogP contribution in [0, 0.1) is 6.92 Å². The molecule has 0 aromatic carbocycles. The zero-order chi connectivity index (χ0) is 10.7. The van der Waals surface area contributed by atoms with Crippen molar-refractivity contribution >= 4 is 17.3 Å². The van der Waals surface area contributed by atoms with Crippen LogP contribution in [0.25, 0.3) is 0 Å². The van der Waals surface area contributed by atoms with E-state index in [-0.39, 0.29) is 0 Å². The number of hydrogen-bond donors (Lipinski definition) is 1. The maximum absolute atomic E-state index is 6.01. The SMILES string of the molecule is Cc1cnc(Cl)c(NC2CCOCC2)c1. The van der Waals surface area contributed by atoms with Gasteiger partial charge in [-0.05, 0) is 31.4 Å². The Labute approximate surface area is 94.8 Å². The molecule has 1 aromatic rings. The van der Waals surface area contributed by atoms with Gasteiger partial charge in [0.25, 0.3) is 0 Å². The zero-order valence-corrected chi connectivity index (χ0v) is 9.55. The molecule has 3 nitrogen and oxygen atoms in total. The van der Waals surface area contributed by atoms with Gasteiger partial charge in [0.15, 0.2) is 5.15 Å². The fourth-order valence-corrected chi connectivity index (χ4v) is 1.87. The summed E-state index contributed by atoms with van der Waals surface area (Å²) in [5, 5.41) is 3.96. The molecule has 82 valence electrons. The van der Waals surface area contributed by atoms with Crippen molar-refractivity contribution in [2.24, 2.45) is 0 Å². The van der Waals surface area contributed by atoms with E-state index < -0.39 is 0 Å². The Morgan fingerprint density at radius 1 is 1.47 bits per heavy atom. The summed E-state index contributed by atoms with van der Waals surface area (Å²) in [4.78, 5) is 4.12. The van der Waals surface area contributed by atoms with Crippen LogP contribution < -0.4 is 5.32 Å². The quantitative estimate of drug-likeness (QED) is 0.788. The molecule has 0 amide bonds. The number of nitrogens with zero attached hydrogens (tertiary/aromatic N) is 1. The molecule has 1 N–H and O–H groups in total. The lowest BCUT2D eigenvalue weighted by Gasteiger charge is -2.24. The maximum atomic E-state index is 6.01. The second-order valence-electron chi connectivity index (χ2n) is 3.88. The van der Waals surface area contributed by atoms with Crippen LogP contribution in [0.4, 0.5) is 5.69 Å². The Balaban J connectivity index is 2.05.